The first-order valence-corrected chi connectivity index (χ1v) is 7.41. The summed E-state index contributed by atoms with van der Waals surface area (Å²) in [5.41, 5.74) is 2.33. The molecule has 0 saturated heterocycles. The van der Waals surface area contributed by atoms with Gasteiger partial charge < -0.3 is 20.7 Å². The Morgan fingerprint density at radius 2 is 2.19 bits per heavy atom. The minimum atomic E-state index is -0.153. The predicted molar refractivity (Wildman–Crippen MR) is 84.3 cm³/mol. The van der Waals surface area contributed by atoms with Gasteiger partial charge in [0.2, 0.25) is 0 Å². The van der Waals surface area contributed by atoms with Crippen molar-refractivity contribution in [2.45, 2.75) is 32.2 Å². The first-order valence-electron chi connectivity index (χ1n) is 7.41. The van der Waals surface area contributed by atoms with Crippen molar-refractivity contribution in [3.05, 3.63) is 36.0 Å². The summed E-state index contributed by atoms with van der Waals surface area (Å²) in [7, 11) is 0. The highest BCUT2D eigenvalue weighted by Gasteiger charge is 2.07. The highest BCUT2D eigenvalue weighted by atomic mass is 16.3. The van der Waals surface area contributed by atoms with E-state index in [4.69, 9.17) is 5.11 Å². The van der Waals surface area contributed by atoms with Gasteiger partial charge in [-0.15, -0.1) is 0 Å². The lowest BCUT2D eigenvalue weighted by Crippen LogP contribution is -2.41. The number of aliphatic hydroxyl groups excluding tert-OH is 1. The van der Waals surface area contributed by atoms with Crippen molar-refractivity contribution in [1.82, 2.24) is 15.6 Å². The van der Waals surface area contributed by atoms with Crippen LogP contribution in [0.25, 0.3) is 10.9 Å². The van der Waals surface area contributed by atoms with Crippen molar-refractivity contribution in [3.63, 3.8) is 0 Å². The number of fused-ring (bicyclic) bond motifs is 1. The molecule has 5 heteroatoms. The van der Waals surface area contributed by atoms with Crippen LogP contribution in [0.1, 0.15) is 25.3 Å². The lowest BCUT2D eigenvalue weighted by Gasteiger charge is -2.13. The van der Waals surface area contributed by atoms with Crippen molar-refractivity contribution >= 4 is 16.9 Å². The molecule has 0 saturated carbocycles. The van der Waals surface area contributed by atoms with E-state index >= 15 is 0 Å². The minimum Gasteiger partial charge on any atom is -0.396 e. The Morgan fingerprint density at radius 1 is 1.38 bits per heavy atom. The molecule has 0 fully saturated rings. The molecule has 1 aromatic heterocycles. The summed E-state index contributed by atoms with van der Waals surface area (Å²) in [5, 5.41) is 15.7. The van der Waals surface area contributed by atoms with Crippen LogP contribution in [0.3, 0.4) is 0 Å². The molecule has 5 nitrogen and oxygen atoms in total. The second-order valence-electron chi connectivity index (χ2n) is 5.28. The van der Waals surface area contributed by atoms with Crippen LogP contribution < -0.4 is 10.6 Å². The van der Waals surface area contributed by atoms with Gasteiger partial charge in [-0.05, 0) is 37.8 Å². The lowest BCUT2D eigenvalue weighted by molar-refractivity contribution is 0.234. The zero-order chi connectivity index (χ0) is 15.1. The first kappa shape index (κ1) is 15.4. The van der Waals surface area contributed by atoms with Crippen LogP contribution >= 0.6 is 0 Å². The third-order valence-corrected chi connectivity index (χ3v) is 3.53. The number of aromatic amines is 1. The van der Waals surface area contributed by atoms with E-state index in [1.165, 1.54) is 10.9 Å². The summed E-state index contributed by atoms with van der Waals surface area (Å²) >= 11 is 0. The Kier molecular flexibility index (Phi) is 5.63. The number of rotatable bonds is 7. The van der Waals surface area contributed by atoms with E-state index in [1.807, 2.05) is 31.3 Å². The van der Waals surface area contributed by atoms with Crippen LogP contribution in [0, 0.1) is 0 Å². The molecule has 0 aliphatic carbocycles. The standard InChI is InChI=1S/C16H23N3O2/c1-12(5-4-10-20)19-16(21)17-9-8-13-11-18-15-7-3-2-6-14(13)15/h2-3,6-7,11-12,18,20H,4-5,8-10H2,1H3,(H2,17,19,21). The Bertz CT molecular complexity index is 580. The van der Waals surface area contributed by atoms with Crippen LogP contribution in [0.2, 0.25) is 0 Å². The quantitative estimate of drug-likeness (QED) is 0.630. The average molecular weight is 289 g/mol. The average Bonchev–Trinajstić information content (AvgIpc) is 2.88. The number of nitrogens with one attached hydrogen (secondary N) is 3. The number of benzene rings is 1. The van der Waals surface area contributed by atoms with Gasteiger partial charge in [0.1, 0.15) is 0 Å². The molecule has 1 atom stereocenters. The second-order valence-corrected chi connectivity index (χ2v) is 5.28. The van der Waals surface area contributed by atoms with Gasteiger partial charge in [0.25, 0.3) is 0 Å². The summed E-state index contributed by atoms with van der Waals surface area (Å²) in [4.78, 5) is 14.9. The Labute approximate surface area is 124 Å². The lowest BCUT2D eigenvalue weighted by atomic mass is 10.1. The number of carbonyl (C=O) groups is 1. The largest absolute Gasteiger partial charge is 0.396 e. The van der Waals surface area contributed by atoms with E-state index in [0.717, 1.165) is 18.4 Å². The molecular weight excluding hydrogens is 266 g/mol. The number of para-hydroxylation sites is 1. The van der Waals surface area contributed by atoms with E-state index in [0.29, 0.717) is 13.0 Å². The number of aromatic nitrogens is 1. The van der Waals surface area contributed by atoms with Gasteiger partial charge in [0.05, 0.1) is 0 Å². The van der Waals surface area contributed by atoms with Crippen LogP contribution in [-0.4, -0.2) is 35.3 Å². The molecule has 2 rings (SSSR count). The van der Waals surface area contributed by atoms with E-state index in [9.17, 15) is 4.79 Å². The van der Waals surface area contributed by atoms with Gasteiger partial charge >= 0.3 is 6.03 Å². The van der Waals surface area contributed by atoms with Crippen molar-refractivity contribution in [2.75, 3.05) is 13.2 Å². The molecule has 0 spiro atoms. The molecule has 2 amide bonds. The third kappa shape index (κ3) is 4.49. The zero-order valence-corrected chi connectivity index (χ0v) is 12.4. The maximum Gasteiger partial charge on any atom is 0.315 e. The zero-order valence-electron chi connectivity index (χ0n) is 12.4. The normalized spacial score (nSPS) is 12.3. The fraction of sp³-hybridized carbons (Fsp3) is 0.438. The molecule has 2 aromatic rings. The molecule has 114 valence electrons. The summed E-state index contributed by atoms with van der Waals surface area (Å²) in [6, 6.07) is 8.07. The number of hydrogen-bond donors (Lipinski definition) is 4. The van der Waals surface area contributed by atoms with Crippen LogP contribution in [-0.2, 0) is 6.42 Å². The Balaban J connectivity index is 1.75. The van der Waals surface area contributed by atoms with Crippen molar-refractivity contribution in [3.8, 4) is 0 Å². The van der Waals surface area contributed by atoms with Crippen LogP contribution in [0.15, 0.2) is 30.5 Å². The predicted octanol–water partition coefficient (Wildman–Crippen LogP) is 2.17. The highest BCUT2D eigenvalue weighted by Crippen LogP contribution is 2.17. The van der Waals surface area contributed by atoms with Crippen molar-refractivity contribution < 1.29 is 9.90 Å². The van der Waals surface area contributed by atoms with Gasteiger partial charge in [0, 0.05) is 36.3 Å². The summed E-state index contributed by atoms with van der Waals surface area (Å²) in [6.45, 7) is 2.70. The van der Waals surface area contributed by atoms with E-state index in [-0.39, 0.29) is 18.7 Å². The third-order valence-electron chi connectivity index (χ3n) is 3.53. The Morgan fingerprint density at radius 3 is 3.00 bits per heavy atom. The SMILES string of the molecule is CC(CCCO)NC(=O)NCCc1c[nH]c2ccccc12. The number of aliphatic hydroxyl groups is 1. The van der Waals surface area contributed by atoms with Crippen LogP contribution in [0.5, 0.6) is 0 Å². The molecule has 0 aliphatic heterocycles. The van der Waals surface area contributed by atoms with E-state index in [2.05, 4.69) is 21.7 Å². The van der Waals surface area contributed by atoms with E-state index in [1.54, 1.807) is 0 Å². The molecule has 1 unspecified atom stereocenters. The molecular formula is C16H23N3O2. The van der Waals surface area contributed by atoms with Gasteiger partial charge in [-0.2, -0.15) is 0 Å². The minimum absolute atomic E-state index is 0.0743. The number of carbonyl (C=O) groups excluding carboxylic acids is 1. The molecule has 0 bridgehead atoms. The molecule has 0 aliphatic rings. The fourth-order valence-corrected chi connectivity index (χ4v) is 2.39. The first-order chi connectivity index (χ1) is 10.2. The van der Waals surface area contributed by atoms with Crippen LogP contribution in [0.4, 0.5) is 4.79 Å². The maximum atomic E-state index is 11.7. The number of urea groups is 1. The molecule has 21 heavy (non-hydrogen) atoms. The van der Waals surface area contributed by atoms with E-state index < -0.39 is 0 Å². The Hall–Kier alpha value is -2.01. The fourth-order valence-electron chi connectivity index (χ4n) is 2.39. The number of H-pyrrole nitrogens is 1. The summed E-state index contributed by atoms with van der Waals surface area (Å²) in [6.07, 6.45) is 4.28. The topological polar surface area (TPSA) is 77.2 Å². The monoisotopic (exact) mass is 289 g/mol. The second kappa shape index (κ2) is 7.69. The van der Waals surface area contributed by atoms with Crippen molar-refractivity contribution in [2.24, 2.45) is 0 Å². The molecule has 0 radical (unpaired) electrons. The van der Waals surface area contributed by atoms with Gasteiger partial charge in [-0.25, -0.2) is 4.79 Å². The number of hydrogen-bond acceptors (Lipinski definition) is 2. The molecule has 4 N–H and O–H groups in total. The van der Waals surface area contributed by atoms with Crippen molar-refractivity contribution in [1.29, 1.82) is 0 Å². The smallest absolute Gasteiger partial charge is 0.315 e. The van der Waals surface area contributed by atoms with Gasteiger partial charge in [-0.1, -0.05) is 18.2 Å². The number of amides is 2. The molecule has 1 heterocycles. The van der Waals surface area contributed by atoms with Gasteiger partial charge in [0.15, 0.2) is 0 Å². The van der Waals surface area contributed by atoms with Gasteiger partial charge in [-0.3, -0.25) is 0 Å². The summed E-state index contributed by atoms with van der Waals surface area (Å²) < 4.78 is 0. The summed E-state index contributed by atoms with van der Waals surface area (Å²) in [5.74, 6) is 0. The maximum absolute atomic E-state index is 11.7. The molecule has 1 aromatic carbocycles. The highest BCUT2D eigenvalue weighted by molar-refractivity contribution is 5.83.